The van der Waals surface area contributed by atoms with E-state index in [1.807, 2.05) is 31.2 Å². The van der Waals surface area contributed by atoms with Gasteiger partial charge in [-0.1, -0.05) is 0 Å². The van der Waals surface area contributed by atoms with E-state index in [1.54, 1.807) is 13.2 Å². The molecule has 1 heterocycles. The van der Waals surface area contributed by atoms with Crippen LogP contribution in [0, 0.1) is 6.92 Å². The lowest BCUT2D eigenvalue weighted by molar-refractivity contribution is 0.102. The van der Waals surface area contributed by atoms with Gasteiger partial charge in [0.15, 0.2) is 0 Å². The predicted molar refractivity (Wildman–Crippen MR) is 105 cm³/mol. The maximum absolute atomic E-state index is 12.5. The van der Waals surface area contributed by atoms with Crippen molar-refractivity contribution in [3.05, 3.63) is 41.7 Å². The zero-order valence-corrected chi connectivity index (χ0v) is 15.9. The molecular formula is C19H27N5O2. The summed E-state index contributed by atoms with van der Waals surface area (Å²) >= 11 is 0. The summed E-state index contributed by atoms with van der Waals surface area (Å²) in [5.74, 6) is 0.157. The number of benzene rings is 1. The first-order chi connectivity index (χ1) is 12.6. The maximum Gasteiger partial charge on any atom is 0.274 e. The van der Waals surface area contributed by atoms with Gasteiger partial charge in [0.25, 0.3) is 5.91 Å². The number of aromatic nitrogens is 2. The van der Waals surface area contributed by atoms with Gasteiger partial charge in [0, 0.05) is 43.8 Å². The Morgan fingerprint density at radius 2 is 1.85 bits per heavy atom. The molecule has 1 aromatic carbocycles. The Kier molecular flexibility index (Phi) is 7.35. The summed E-state index contributed by atoms with van der Waals surface area (Å²) in [4.78, 5) is 23.3. The Balaban J connectivity index is 2.07. The van der Waals surface area contributed by atoms with Crippen molar-refractivity contribution in [2.75, 3.05) is 48.9 Å². The van der Waals surface area contributed by atoms with Gasteiger partial charge in [-0.15, -0.1) is 0 Å². The molecule has 0 aliphatic carbocycles. The highest BCUT2D eigenvalue weighted by atomic mass is 16.5. The highest BCUT2D eigenvalue weighted by Crippen LogP contribution is 2.18. The number of hydrogen-bond donors (Lipinski definition) is 2. The molecule has 140 valence electrons. The third kappa shape index (κ3) is 5.42. The Morgan fingerprint density at radius 3 is 2.46 bits per heavy atom. The first-order valence-corrected chi connectivity index (χ1v) is 8.82. The molecule has 1 amide bonds. The van der Waals surface area contributed by atoms with Crippen LogP contribution in [0.5, 0.6) is 0 Å². The summed E-state index contributed by atoms with van der Waals surface area (Å²) in [6.07, 6.45) is 0. The van der Waals surface area contributed by atoms with E-state index in [4.69, 9.17) is 4.74 Å². The van der Waals surface area contributed by atoms with Gasteiger partial charge in [0.05, 0.1) is 6.61 Å². The molecule has 2 aromatic rings. The molecule has 0 radical (unpaired) electrons. The van der Waals surface area contributed by atoms with Crippen molar-refractivity contribution in [2.45, 2.75) is 20.8 Å². The molecule has 7 heteroatoms. The highest BCUT2D eigenvalue weighted by molar-refractivity contribution is 6.03. The van der Waals surface area contributed by atoms with Crippen LogP contribution in [0.2, 0.25) is 0 Å². The average Bonchev–Trinajstić information content (AvgIpc) is 2.64. The van der Waals surface area contributed by atoms with Crippen molar-refractivity contribution < 1.29 is 9.53 Å². The number of methoxy groups -OCH3 is 1. The van der Waals surface area contributed by atoms with E-state index in [0.717, 1.165) is 30.2 Å². The number of anilines is 3. The molecule has 26 heavy (non-hydrogen) atoms. The molecule has 0 bridgehead atoms. The number of hydrogen-bond acceptors (Lipinski definition) is 6. The van der Waals surface area contributed by atoms with Crippen LogP contribution in [0.3, 0.4) is 0 Å². The smallest absolute Gasteiger partial charge is 0.274 e. The van der Waals surface area contributed by atoms with Gasteiger partial charge in [-0.25, -0.2) is 9.97 Å². The van der Waals surface area contributed by atoms with Gasteiger partial charge < -0.3 is 20.3 Å². The van der Waals surface area contributed by atoms with Crippen molar-refractivity contribution >= 4 is 23.2 Å². The molecule has 2 rings (SSSR count). The fourth-order valence-corrected chi connectivity index (χ4v) is 2.57. The Labute approximate surface area is 154 Å². The standard InChI is InChI=1S/C19H27N5O2/c1-5-24(6-2)16-9-7-15(8-10-16)22-18(25)17-13-14(3)21-19(23-17)20-11-12-26-4/h7-10,13H,5-6,11-12H2,1-4H3,(H,22,25)(H,20,21,23). The normalized spacial score (nSPS) is 10.5. The minimum Gasteiger partial charge on any atom is -0.383 e. The molecule has 0 saturated carbocycles. The molecule has 0 aliphatic rings. The van der Waals surface area contributed by atoms with E-state index in [0.29, 0.717) is 24.8 Å². The SMILES string of the molecule is CCN(CC)c1ccc(NC(=O)c2cc(C)nc(NCCOC)n2)cc1. The molecular weight excluding hydrogens is 330 g/mol. The van der Waals surface area contributed by atoms with Crippen LogP contribution in [0.15, 0.2) is 30.3 Å². The second kappa shape index (κ2) is 9.72. The minimum atomic E-state index is -0.263. The number of carbonyl (C=O) groups excluding carboxylic acids is 1. The highest BCUT2D eigenvalue weighted by Gasteiger charge is 2.11. The molecule has 0 unspecified atom stereocenters. The van der Waals surface area contributed by atoms with Crippen molar-refractivity contribution in [1.82, 2.24) is 9.97 Å². The molecule has 0 aliphatic heterocycles. The largest absolute Gasteiger partial charge is 0.383 e. The van der Waals surface area contributed by atoms with Gasteiger partial charge in [-0.3, -0.25) is 4.79 Å². The van der Waals surface area contributed by atoms with E-state index in [1.165, 1.54) is 0 Å². The van der Waals surface area contributed by atoms with Gasteiger partial charge in [0.2, 0.25) is 5.95 Å². The van der Waals surface area contributed by atoms with Crippen molar-refractivity contribution in [1.29, 1.82) is 0 Å². The Hall–Kier alpha value is -2.67. The third-order valence-electron chi connectivity index (χ3n) is 3.93. The molecule has 0 fully saturated rings. The fourth-order valence-electron chi connectivity index (χ4n) is 2.57. The number of nitrogens with zero attached hydrogens (tertiary/aromatic N) is 3. The minimum absolute atomic E-state index is 0.263. The number of ether oxygens (including phenoxy) is 1. The summed E-state index contributed by atoms with van der Waals surface area (Å²) in [7, 11) is 1.63. The van der Waals surface area contributed by atoms with E-state index in [-0.39, 0.29) is 5.91 Å². The van der Waals surface area contributed by atoms with Gasteiger partial charge in [-0.05, 0) is 51.1 Å². The van der Waals surface area contributed by atoms with Gasteiger partial charge >= 0.3 is 0 Å². The molecule has 0 atom stereocenters. The average molecular weight is 357 g/mol. The lowest BCUT2D eigenvalue weighted by Gasteiger charge is -2.21. The lowest BCUT2D eigenvalue weighted by Crippen LogP contribution is -2.21. The maximum atomic E-state index is 12.5. The van der Waals surface area contributed by atoms with Crippen LogP contribution in [0.1, 0.15) is 30.0 Å². The van der Waals surface area contributed by atoms with E-state index in [9.17, 15) is 4.79 Å². The molecule has 0 saturated heterocycles. The lowest BCUT2D eigenvalue weighted by atomic mass is 10.2. The van der Waals surface area contributed by atoms with E-state index in [2.05, 4.69) is 39.3 Å². The molecule has 0 spiro atoms. The predicted octanol–water partition coefficient (Wildman–Crippen LogP) is 2.94. The van der Waals surface area contributed by atoms with Crippen LogP contribution in [-0.4, -0.2) is 49.2 Å². The second-order valence-electron chi connectivity index (χ2n) is 5.81. The summed E-state index contributed by atoms with van der Waals surface area (Å²) in [5, 5.41) is 5.93. The number of rotatable bonds is 9. The van der Waals surface area contributed by atoms with Crippen LogP contribution >= 0.6 is 0 Å². The monoisotopic (exact) mass is 357 g/mol. The van der Waals surface area contributed by atoms with Gasteiger partial charge in [-0.2, -0.15) is 0 Å². The van der Waals surface area contributed by atoms with Crippen molar-refractivity contribution in [3.63, 3.8) is 0 Å². The Morgan fingerprint density at radius 1 is 1.15 bits per heavy atom. The summed E-state index contributed by atoms with van der Waals surface area (Å²) in [6, 6.07) is 9.48. The number of aryl methyl sites for hydroxylation is 1. The zero-order chi connectivity index (χ0) is 18.9. The number of nitrogens with one attached hydrogen (secondary N) is 2. The van der Waals surface area contributed by atoms with Crippen molar-refractivity contribution in [2.24, 2.45) is 0 Å². The second-order valence-corrected chi connectivity index (χ2v) is 5.81. The van der Waals surface area contributed by atoms with Crippen LogP contribution in [0.4, 0.5) is 17.3 Å². The number of amides is 1. The van der Waals surface area contributed by atoms with E-state index < -0.39 is 0 Å². The molecule has 7 nitrogen and oxygen atoms in total. The molecule has 2 N–H and O–H groups in total. The van der Waals surface area contributed by atoms with E-state index >= 15 is 0 Å². The fraction of sp³-hybridized carbons (Fsp3) is 0.421. The van der Waals surface area contributed by atoms with Gasteiger partial charge in [0.1, 0.15) is 5.69 Å². The van der Waals surface area contributed by atoms with Crippen LogP contribution in [-0.2, 0) is 4.74 Å². The number of carbonyl (C=O) groups is 1. The summed E-state index contributed by atoms with van der Waals surface area (Å²) < 4.78 is 4.99. The quantitative estimate of drug-likeness (QED) is 0.672. The molecule has 1 aromatic heterocycles. The summed E-state index contributed by atoms with van der Waals surface area (Å²) in [6.45, 7) is 9.08. The third-order valence-corrected chi connectivity index (χ3v) is 3.93. The first-order valence-electron chi connectivity index (χ1n) is 8.82. The first kappa shape index (κ1) is 19.7. The van der Waals surface area contributed by atoms with Crippen molar-refractivity contribution in [3.8, 4) is 0 Å². The topological polar surface area (TPSA) is 79.4 Å². The Bertz CT molecular complexity index is 714. The summed E-state index contributed by atoms with van der Waals surface area (Å²) in [5.41, 5.74) is 2.92. The van der Waals surface area contributed by atoms with Crippen LogP contribution < -0.4 is 15.5 Å². The van der Waals surface area contributed by atoms with Crippen LogP contribution in [0.25, 0.3) is 0 Å². The zero-order valence-electron chi connectivity index (χ0n) is 15.9.